The summed E-state index contributed by atoms with van der Waals surface area (Å²) in [7, 11) is 1.57. The second-order valence-corrected chi connectivity index (χ2v) is 6.30. The molecule has 0 atom stereocenters. The van der Waals surface area contributed by atoms with E-state index in [1.54, 1.807) is 19.2 Å². The molecule has 122 valence electrons. The SMILES string of the molecule is CCN(CC(=O)NC(C)(C)C)C(=O)c1ccc(C)c(OC)c1. The molecule has 0 aliphatic heterocycles. The lowest BCUT2D eigenvalue weighted by Gasteiger charge is -2.25. The summed E-state index contributed by atoms with van der Waals surface area (Å²) >= 11 is 0. The first-order valence-electron chi connectivity index (χ1n) is 7.43. The number of hydrogen-bond acceptors (Lipinski definition) is 3. The van der Waals surface area contributed by atoms with Gasteiger partial charge in [-0.1, -0.05) is 6.07 Å². The van der Waals surface area contributed by atoms with Crippen LogP contribution in [0, 0.1) is 6.92 Å². The summed E-state index contributed by atoms with van der Waals surface area (Å²) in [6.45, 7) is 10.0. The summed E-state index contributed by atoms with van der Waals surface area (Å²) in [5, 5.41) is 2.86. The minimum atomic E-state index is -0.313. The number of ether oxygens (including phenoxy) is 1. The number of rotatable bonds is 5. The third-order valence-electron chi connectivity index (χ3n) is 3.17. The van der Waals surface area contributed by atoms with Gasteiger partial charge in [-0.05, 0) is 52.3 Å². The maximum atomic E-state index is 12.5. The van der Waals surface area contributed by atoms with E-state index < -0.39 is 0 Å². The molecule has 0 aliphatic carbocycles. The van der Waals surface area contributed by atoms with Gasteiger partial charge >= 0.3 is 0 Å². The summed E-state index contributed by atoms with van der Waals surface area (Å²) < 4.78 is 5.25. The monoisotopic (exact) mass is 306 g/mol. The number of benzene rings is 1. The van der Waals surface area contributed by atoms with E-state index in [0.29, 0.717) is 17.9 Å². The highest BCUT2D eigenvalue weighted by Crippen LogP contribution is 2.20. The van der Waals surface area contributed by atoms with E-state index in [2.05, 4.69) is 5.32 Å². The van der Waals surface area contributed by atoms with Gasteiger partial charge < -0.3 is 15.0 Å². The lowest BCUT2D eigenvalue weighted by Crippen LogP contribution is -2.47. The van der Waals surface area contributed by atoms with Crippen LogP contribution in [-0.2, 0) is 4.79 Å². The molecule has 2 amide bonds. The van der Waals surface area contributed by atoms with Gasteiger partial charge in [-0.15, -0.1) is 0 Å². The molecule has 5 nitrogen and oxygen atoms in total. The maximum Gasteiger partial charge on any atom is 0.254 e. The molecule has 0 bridgehead atoms. The Bertz CT molecular complexity index is 547. The fraction of sp³-hybridized carbons (Fsp3) is 0.529. The summed E-state index contributed by atoms with van der Waals surface area (Å²) in [5.74, 6) is 0.327. The molecular formula is C17H26N2O3. The lowest BCUT2D eigenvalue weighted by atomic mass is 10.1. The predicted octanol–water partition coefficient (Wildman–Crippen LogP) is 2.38. The highest BCUT2D eigenvalue weighted by molar-refractivity contribution is 5.97. The van der Waals surface area contributed by atoms with Crippen molar-refractivity contribution in [3.63, 3.8) is 0 Å². The van der Waals surface area contributed by atoms with Crippen LogP contribution in [0.2, 0.25) is 0 Å². The molecule has 0 spiro atoms. The number of amides is 2. The molecule has 22 heavy (non-hydrogen) atoms. The summed E-state index contributed by atoms with van der Waals surface area (Å²) in [6.07, 6.45) is 0. The Morgan fingerprint density at radius 3 is 2.41 bits per heavy atom. The first-order chi connectivity index (χ1) is 10.2. The first kappa shape index (κ1) is 18.0. The Morgan fingerprint density at radius 2 is 1.91 bits per heavy atom. The minimum absolute atomic E-state index is 0.0444. The van der Waals surface area contributed by atoms with Gasteiger partial charge in [-0.25, -0.2) is 0 Å². The van der Waals surface area contributed by atoms with E-state index in [1.807, 2.05) is 40.7 Å². The minimum Gasteiger partial charge on any atom is -0.496 e. The summed E-state index contributed by atoms with van der Waals surface area (Å²) in [4.78, 5) is 26.1. The molecule has 1 aromatic carbocycles. The van der Waals surface area contributed by atoms with E-state index in [1.165, 1.54) is 4.90 Å². The van der Waals surface area contributed by atoms with Crippen molar-refractivity contribution in [3.8, 4) is 5.75 Å². The highest BCUT2D eigenvalue weighted by atomic mass is 16.5. The molecule has 0 fully saturated rings. The molecule has 1 rings (SSSR count). The van der Waals surface area contributed by atoms with Crippen molar-refractivity contribution in [1.82, 2.24) is 10.2 Å². The fourth-order valence-electron chi connectivity index (χ4n) is 2.09. The Kier molecular flexibility index (Phi) is 5.97. The number of likely N-dealkylation sites (N-methyl/N-ethyl adjacent to an activating group) is 1. The Morgan fingerprint density at radius 1 is 1.27 bits per heavy atom. The van der Waals surface area contributed by atoms with Crippen LogP contribution in [0.1, 0.15) is 43.6 Å². The van der Waals surface area contributed by atoms with Crippen LogP contribution < -0.4 is 10.1 Å². The van der Waals surface area contributed by atoms with Gasteiger partial charge in [0.1, 0.15) is 5.75 Å². The van der Waals surface area contributed by atoms with Crippen LogP contribution in [0.25, 0.3) is 0 Å². The van der Waals surface area contributed by atoms with Crippen molar-refractivity contribution < 1.29 is 14.3 Å². The van der Waals surface area contributed by atoms with E-state index >= 15 is 0 Å². The normalized spacial score (nSPS) is 11.0. The van der Waals surface area contributed by atoms with Crippen molar-refractivity contribution in [3.05, 3.63) is 29.3 Å². The molecule has 0 heterocycles. The topological polar surface area (TPSA) is 58.6 Å². The van der Waals surface area contributed by atoms with E-state index in [4.69, 9.17) is 4.74 Å². The molecule has 5 heteroatoms. The number of carbonyl (C=O) groups excluding carboxylic acids is 2. The third kappa shape index (κ3) is 5.06. The number of carbonyl (C=O) groups is 2. The van der Waals surface area contributed by atoms with Gasteiger partial charge in [0.15, 0.2) is 0 Å². The van der Waals surface area contributed by atoms with Crippen LogP contribution >= 0.6 is 0 Å². The molecule has 0 radical (unpaired) electrons. The predicted molar refractivity (Wildman–Crippen MR) is 87.2 cm³/mol. The fourth-order valence-corrected chi connectivity index (χ4v) is 2.09. The largest absolute Gasteiger partial charge is 0.496 e. The molecule has 1 N–H and O–H groups in total. The van der Waals surface area contributed by atoms with Gasteiger partial charge in [-0.3, -0.25) is 9.59 Å². The Hall–Kier alpha value is -2.04. The molecule has 1 aromatic rings. The molecule has 0 saturated carbocycles. The number of nitrogens with one attached hydrogen (secondary N) is 1. The quantitative estimate of drug-likeness (QED) is 0.908. The second-order valence-electron chi connectivity index (χ2n) is 6.30. The zero-order valence-electron chi connectivity index (χ0n) is 14.3. The zero-order valence-corrected chi connectivity index (χ0v) is 14.3. The highest BCUT2D eigenvalue weighted by Gasteiger charge is 2.21. The van der Waals surface area contributed by atoms with Crippen LogP contribution in [0.4, 0.5) is 0 Å². The van der Waals surface area contributed by atoms with Crippen molar-refractivity contribution >= 4 is 11.8 Å². The van der Waals surface area contributed by atoms with Crippen molar-refractivity contribution in [2.75, 3.05) is 20.2 Å². The smallest absolute Gasteiger partial charge is 0.254 e. The summed E-state index contributed by atoms with van der Waals surface area (Å²) in [6, 6.07) is 5.31. The zero-order chi connectivity index (χ0) is 16.9. The van der Waals surface area contributed by atoms with Gasteiger partial charge in [0.2, 0.25) is 5.91 Å². The van der Waals surface area contributed by atoms with Gasteiger partial charge in [0.25, 0.3) is 5.91 Å². The Balaban J connectivity index is 2.86. The van der Waals surface area contributed by atoms with Crippen molar-refractivity contribution in [1.29, 1.82) is 0 Å². The van der Waals surface area contributed by atoms with Crippen LogP contribution in [-0.4, -0.2) is 42.5 Å². The molecular weight excluding hydrogens is 280 g/mol. The average Bonchev–Trinajstić information content (AvgIpc) is 2.42. The third-order valence-corrected chi connectivity index (χ3v) is 3.17. The molecule has 0 saturated heterocycles. The average molecular weight is 306 g/mol. The number of aryl methyl sites for hydroxylation is 1. The van der Waals surface area contributed by atoms with E-state index in [0.717, 1.165) is 5.56 Å². The summed E-state index contributed by atoms with van der Waals surface area (Å²) in [5.41, 5.74) is 1.17. The molecule has 0 aliphatic rings. The Labute approximate surface area is 132 Å². The van der Waals surface area contributed by atoms with Crippen LogP contribution in [0.15, 0.2) is 18.2 Å². The number of methoxy groups -OCH3 is 1. The standard InChI is InChI=1S/C17H26N2O3/c1-7-19(11-15(20)18-17(3,4)5)16(21)13-9-8-12(2)14(10-13)22-6/h8-10H,7,11H2,1-6H3,(H,18,20). The van der Waals surface area contributed by atoms with Crippen molar-refractivity contribution in [2.45, 2.75) is 40.2 Å². The second kappa shape index (κ2) is 7.29. The number of nitrogens with zero attached hydrogens (tertiary/aromatic N) is 1. The van der Waals surface area contributed by atoms with Gasteiger partial charge in [0.05, 0.1) is 13.7 Å². The molecule has 0 aromatic heterocycles. The van der Waals surface area contributed by atoms with Crippen molar-refractivity contribution in [2.24, 2.45) is 0 Å². The first-order valence-corrected chi connectivity index (χ1v) is 7.43. The van der Waals surface area contributed by atoms with Crippen LogP contribution in [0.3, 0.4) is 0 Å². The van der Waals surface area contributed by atoms with E-state index in [9.17, 15) is 9.59 Å². The molecule has 0 unspecified atom stereocenters. The maximum absolute atomic E-state index is 12.5. The number of hydrogen-bond donors (Lipinski definition) is 1. The van der Waals surface area contributed by atoms with Crippen LogP contribution in [0.5, 0.6) is 5.75 Å². The van der Waals surface area contributed by atoms with E-state index in [-0.39, 0.29) is 23.9 Å². The lowest BCUT2D eigenvalue weighted by molar-refractivity contribution is -0.123. The van der Waals surface area contributed by atoms with Gasteiger partial charge in [0, 0.05) is 17.6 Å². The van der Waals surface area contributed by atoms with Gasteiger partial charge in [-0.2, -0.15) is 0 Å².